The fourth-order valence-corrected chi connectivity index (χ4v) is 4.05. The average Bonchev–Trinajstić information content (AvgIpc) is 3.35. The standard InChI is InChI=1S/C24H16ClN2O2/c25-17-5-1-4-15(12-17)14-27-20-7-2-6-19(24(26)28)23(20)18-10-9-16(13-21(18)27)22-8-3-11-29-22/h1-9,11-13H,14H2,(H2,26,28). The molecule has 2 aromatic heterocycles. The Labute approximate surface area is 172 Å². The normalized spacial score (nSPS) is 11.3. The van der Waals surface area contributed by atoms with Gasteiger partial charge in [-0.25, -0.2) is 0 Å². The fraction of sp³-hybridized carbons (Fsp3) is 0.0417. The number of carbonyl (C=O) groups excluding carboxylic acids is 1. The Morgan fingerprint density at radius 3 is 2.69 bits per heavy atom. The highest BCUT2D eigenvalue weighted by atomic mass is 35.5. The molecule has 1 amide bonds. The molecule has 5 aromatic rings. The van der Waals surface area contributed by atoms with Crippen molar-refractivity contribution in [1.29, 1.82) is 0 Å². The lowest BCUT2D eigenvalue weighted by Crippen LogP contribution is -2.11. The smallest absolute Gasteiger partial charge is 0.249 e. The number of furan rings is 1. The van der Waals surface area contributed by atoms with Gasteiger partial charge in [-0.15, -0.1) is 0 Å². The van der Waals surface area contributed by atoms with E-state index in [4.69, 9.17) is 21.8 Å². The van der Waals surface area contributed by atoms with Crippen molar-refractivity contribution in [3.63, 3.8) is 0 Å². The molecular weight excluding hydrogens is 384 g/mol. The number of fused-ring (bicyclic) bond motifs is 3. The Morgan fingerprint density at radius 2 is 1.93 bits per heavy atom. The Balaban J connectivity index is 1.82. The summed E-state index contributed by atoms with van der Waals surface area (Å²) in [5.74, 6) is 0.304. The molecule has 0 aliphatic rings. The van der Waals surface area contributed by atoms with Gasteiger partial charge in [-0.05, 0) is 60.2 Å². The molecule has 5 heteroatoms. The monoisotopic (exact) mass is 399 g/mol. The number of amides is 1. The molecule has 0 atom stereocenters. The lowest BCUT2D eigenvalue weighted by atomic mass is 10.0. The lowest BCUT2D eigenvalue weighted by molar-refractivity contribution is 0.100. The van der Waals surface area contributed by atoms with Crippen LogP contribution in [0, 0.1) is 6.07 Å². The first-order valence-corrected chi connectivity index (χ1v) is 9.54. The van der Waals surface area contributed by atoms with Gasteiger partial charge >= 0.3 is 0 Å². The van der Waals surface area contributed by atoms with E-state index in [2.05, 4.69) is 16.7 Å². The number of primary amides is 1. The summed E-state index contributed by atoms with van der Waals surface area (Å²) >= 11 is 6.19. The van der Waals surface area contributed by atoms with Crippen LogP contribution in [0.1, 0.15) is 15.9 Å². The molecule has 0 unspecified atom stereocenters. The van der Waals surface area contributed by atoms with Crippen molar-refractivity contribution in [1.82, 2.24) is 4.57 Å². The molecule has 0 aliphatic carbocycles. The van der Waals surface area contributed by atoms with E-state index >= 15 is 0 Å². The summed E-state index contributed by atoms with van der Waals surface area (Å²) in [5.41, 5.74) is 9.99. The Bertz CT molecular complexity index is 1370. The van der Waals surface area contributed by atoms with E-state index < -0.39 is 5.91 Å². The fourth-order valence-electron chi connectivity index (χ4n) is 3.83. The number of carbonyl (C=O) groups is 1. The Morgan fingerprint density at radius 1 is 1.07 bits per heavy atom. The third kappa shape index (κ3) is 2.98. The number of hydrogen-bond acceptors (Lipinski definition) is 2. The van der Waals surface area contributed by atoms with Gasteiger partial charge in [0.15, 0.2) is 0 Å². The SMILES string of the molecule is NC(=O)c1cccc2c1c1[c]cc(-c3ccco3)cc1n2Cc1cccc(Cl)c1. The third-order valence-corrected chi connectivity index (χ3v) is 5.33. The minimum atomic E-state index is -0.457. The second-order valence-corrected chi connectivity index (χ2v) is 7.34. The molecule has 5 rings (SSSR count). The van der Waals surface area contributed by atoms with Gasteiger partial charge in [0.25, 0.3) is 0 Å². The molecule has 0 saturated heterocycles. The molecule has 3 aromatic carbocycles. The molecule has 141 valence electrons. The van der Waals surface area contributed by atoms with Gasteiger partial charge in [0.2, 0.25) is 5.91 Å². The van der Waals surface area contributed by atoms with E-state index in [0.29, 0.717) is 17.1 Å². The van der Waals surface area contributed by atoms with Gasteiger partial charge in [0, 0.05) is 33.5 Å². The summed E-state index contributed by atoms with van der Waals surface area (Å²) in [6, 6.07) is 24.4. The van der Waals surface area contributed by atoms with Gasteiger partial charge in [-0.3, -0.25) is 4.79 Å². The van der Waals surface area contributed by atoms with Gasteiger partial charge in [0.05, 0.1) is 17.3 Å². The zero-order valence-electron chi connectivity index (χ0n) is 15.4. The second kappa shape index (κ2) is 6.83. The maximum atomic E-state index is 12.1. The van der Waals surface area contributed by atoms with Gasteiger partial charge in [-0.2, -0.15) is 0 Å². The molecule has 29 heavy (non-hydrogen) atoms. The maximum Gasteiger partial charge on any atom is 0.249 e. The van der Waals surface area contributed by atoms with Gasteiger partial charge in [-0.1, -0.05) is 29.8 Å². The highest BCUT2D eigenvalue weighted by Gasteiger charge is 2.18. The van der Waals surface area contributed by atoms with Crippen molar-refractivity contribution < 1.29 is 9.21 Å². The van der Waals surface area contributed by atoms with E-state index in [0.717, 1.165) is 38.7 Å². The van der Waals surface area contributed by atoms with E-state index in [1.165, 1.54) is 0 Å². The molecule has 2 heterocycles. The first-order valence-electron chi connectivity index (χ1n) is 9.16. The summed E-state index contributed by atoms with van der Waals surface area (Å²) in [5, 5.41) is 2.35. The lowest BCUT2D eigenvalue weighted by Gasteiger charge is -2.09. The van der Waals surface area contributed by atoms with Gasteiger partial charge < -0.3 is 14.7 Å². The van der Waals surface area contributed by atoms with Crippen LogP contribution in [0.3, 0.4) is 0 Å². The van der Waals surface area contributed by atoms with Crippen LogP contribution in [-0.4, -0.2) is 10.5 Å². The number of rotatable bonds is 4. The van der Waals surface area contributed by atoms with Crippen LogP contribution in [0.2, 0.25) is 5.02 Å². The van der Waals surface area contributed by atoms with Crippen LogP contribution in [0.25, 0.3) is 33.1 Å². The number of hydrogen-bond donors (Lipinski definition) is 1. The van der Waals surface area contributed by atoms with E-state index in [-0.39, 0.29) is 0 Å². The van der Waals surface area contributed by atoms with Gasteiger partial charge in [0.1, 0.15) is 5.76 Å². The number of nitrogens with two attached hydrogens (primary N) is 1. The number of nitrogens with zero attached hydrogens (tertiary/aromatic N) is 1. The van der Waals surface area contributed by atoms with Crippen LogP contribution in [-0.2, 0) is 6.54 Å². The Hall–Kier alpha value is -3.50. The van der Waals surface area contributed by atoms with E-state index in [1.807, 2.05) is 54.6 Å². The summed E-state index contributed by atoms with van der Waals surface area (Å²) < 4.78 is 7.72. The highest BCUT2D eigenvalue weighted by Crippen LogP contribution is 2.35. The molecule has 1 radical (unpaired) electrons. The zero-order chi connectivity index (χ0) is 20.0. The summed E-state index contributed by atoms with van der Waals surface area (Å²) in [6.07, 6.45) is 1.65. The van der Waals surface area contributed by atoms with E-state index in [9.17, 15) is 4.79 Å². The summed E-state index contributed by atoms with van der Waals surface area (Å²) in [7, 11) is 0. The molecule has 0 aliphatic heterocycles. The van der Waals surface area contributed by atoms with Crippen molar-refractivity contribution in [3.05, 3.63) is 95.2 Å². The number of halogens is 1. The maximum absolute atomic E-state index is 12.1. The predicted octanol–water partition coefficient (Wildman–Crippen LogP) is 5.66. The minimum absolute atomic E-state index is 0.457. The van der Waals surface area contributed by atoms with Crippen molar-refractivity contribution in [3.8, 4) is 11.3 Å². The first kappa shape index (κ1) is 17.6. The summed E-state index contributed by atoms with van der Waals surface area (Å²) in [6.45, 7) is 0.595. The predicted molar refractivity (Wildman–Crippen MR) is 115 cm³/mol. The Kier molecular flexibility index (Phi) is 4.14. The van der Waals surface area contributed by atoms with Crippen LogP contribution in [0.5, 0.6) is 0 Å². The molecule has 0 bridgehead atoms. The largest absolute Gasteiger partial charge is 0.464 e. The molecule has 4 nitrogen and oxygen atoms in total. The van der Waals surface area contributed by atoms with Crippen molar-refractivity contribution in [2.75, 3.05) is 0 Å². The second-order valence-electron chi connectivity index (χ2n) is 6.91. The minimum Gasteiger partial charge on any atom is -0.464 e. The molecule has 0 saturated carbocycles. The average molecular weight is 400 g/mol. The van der Waals surface area contributed by atoms with E-state index in [1.54, 1.807) is 12.3 Å². The van der Waals surface area contributed by atoms with Crippen LogP contribution >= 0.6 is 11.6 Å². The number of aromatic nitrogens is 1. The number of benzene rings is 3. The molecule has 0 fully saturated rings. The topological polar surface area (TPSA) is 61.2 Å². The van der Waals surface area contributed by atoms with Crippen LogP contribution < -0.4 is 5.73 Å². The highest BCUT2D eigenvalue weighted by molar-refractivity contribution is 6.30. The van der Waals surface area contributed by atoms with Crippen molar-refractivity contribution >= 4 is 39.3 Å². The molecule has 0 spiro atoms. The summed E-state index contributed by atoms with van der Waals surface area (Å²) in [4.78, 5) is 12.1. The first-order chi connectivity index (χ1) is 14.1. The van der Waals surface area contributed by atoms with Crippen LogP contribution in [0.15, 0.2) is 77.4 Å². The quantitative estimate of drug-likeness (QED) is 0.424. The van der Waals surface area contributed by atoms with Crippen molar-refractivity contribution in [2.24, 2.45) is 5.73 Å². The molecular formula is C24H16ClN2O2. The van der Waals surface area contributed by atoms with Crippen molar-refractivity contribution in [2.45, 2.75) is 6.54 Å². The molecule has 2 N–H and O–H groups in total. The zero-order valence-corrected chi connectivity index (χ0v) is 16.1. The third-order valence-electron chi connectivity index (χ3n) is 5.10. The van der Waals surface area contributed by atoms with Crippen LogP contribution in [0.4, 0.5) is 0 Å².